The maximum atomic E-state index is 13.0. The van der Waals surface area contributed by atoms with E-state index in [-0.39, 0.29) is 5.43 Å². The lowest BCUT2D eigenvalue weighted by Crippen LogP contribution is -2.28. The normalized spacial score (nSPS) is 11.5. The first-order valence-corrected chi connectivity index (χ1v) is 9.23. The Morgan fingerprint density at radius 3 is 2.75 bits per heavy atom. The van der Waals surface area contributed by atoms with E-state index in [1.165, 1.54) is 0 Å². The molecule has 0 aliphatic carbocycles. The third-order valence-electron chi connectivity index (χ3n) is 4.46. The van der Waals surface area contributed by atoms with Crippen LogP contribution in [0, 0.1) is 6.92 Å². The predicted molar refractivity (Wildman–Crippen MR) is 104 cm³/mol. The summed E-state index contributed by atoms with van der Waals surface area (Å²) in [4.78, 5) is 19.5. The largest absolute Gasteiger partial charge is 0.383 e. The fourth-order valence-corrected chi connectivity index (χ4v) is 4.10. The summed E-state index contributed by atoms with van der Waals surface area (Å²) in [6, 6.07) is 6.03. The molecule has 24 heavy (non-hydrogen) atoms. The zero-order valence-electron chi connectivity index (χ0n) is 14.4. The van der Waals surface area contributed by atoms with E-state index in [2.05, 4.69) is 42.0 Å². The summed E-state index contributed by atoms with van der Waals surface area (Å²) in [5.41, 5.74) is 2.13. The van der Waals surface area contributed by atoms with Gasteiger partial charge in [-0.05, 0) is 37.7 Å². The summed E-state index contributed by atoms with van der Waals surface area (Å²) in [5.74, 6) is 0. The Balaban J connectivity index is 2.04. The van der Waals surface area contributed by atoms with Gasteiger partial charge >= 0.3 is 0 Å². The van der Waals surface area contributed by atoms with Crippen molar-refractivity contribution in [3.05, 3.63) is 46.4 Å². The Kier molecular flexibility index (Phi) is 5.11. The number of fused-ring (bicyclic) bond motifs is 2. The van der Waals surface area contributed by atoms with Gasteiger partial charge in [-0.2, -0.15) is 0 Å². The molecular formula is C19H23N3OS. The average Bonchev–Trinajstić information content (AvgIpc) is 2.61. The van der Waals surface area contributed by atoms with Gasteiger partial charge < -0.3 is 10.2 Å². The number of hydrogen-bond donors (Lipinski definition) is 1. The number of aryl methyl sites for hydroxylation is 1. The van der Waals surface area contributed by atoms with Crippen molar-refractivity contribution in [2.24, 2.45) is 0 Å². The van der Waals surface area contributed by atoms with Crippen LogP contribution < -0.4 is 10.7 Å². The molecule has 0 saturated carbocycles. The topological polar surface area (TPSA) is 45.2 Å². The number of hydrogen-bond acceptors (Lipinski definition) is 5. The lowest BCUT2D eigenvalue weighted by atomic mass is 10.1. The molecule has 2 heterocycles. The Bertz CT molecular complexity index is 916. The minimum atomic E-state index is 0.0703. The minimum absolute atomic E-state index is 0.0703. The number of benzene rings is 1. The highest BCUT2D eigenvalue weighted by Gasteiger charge is 2.12. The van der Waals surface area contributed by atoms with Crippen molar-refractivity contribution in [3.63, 3.8) is 0 Å². The smallest absolute Gasteiger partial charge is 0.199 e. The summed E-state index contributed by atoms with van der Waals surface area (Å²) in [6.07, 6.45) is 3.42. The van der Waals surface area contributed by atoms with E-state index in [0.717, 1.165) is 52.2 Å². The minimum Gasteiger partial charge on any atom is -0.383 e. The molecule has 3 rings (SSSR count). The molecule has 4 nitrogen and oxygen atoms in total. The van der Waals surface area contributed by atoms with Crippen molar-refractivity contribution in [2.75, 3.05) is 31.5 Å². The van der Waals surface area contributed by atoms with Crippen molar-refractivity contribution in [2.45, 2.75) is 20.8 Å². The number of likely N-dealkylation sites (N-methyl/N-ethyl adjacent to an activating group) is 1. The molecule has 1 aromatic carbocycles. The van der Waals surface area contributed by atoms with Crippen LogP contribution in [-0.2, 0) is 0 Å². The molecule has 0 bridgehead atoms. The molecule has 126 valence electrons. The molecule has 0 atom stereocenters. The van der Waals surface area contributed by atoms with Gasteiger partial charge in [-0.3, -0.25) is 9.78 Å². The summed E-state index contributed by atoms with van der Waals surface area (Å²) in [5, 5.41) is 4.96. The molecule has 3 aromatic rings. The van der Waals surface area contributed by atoms with E-state index >= 15 is 0 Å². The fraction of sp³-hybridized carbons (Fsp3) is 0.368. The number of pyridine rings is 1. The average molecular weight is 341 g/mol. The van der Waals surface area contributed by atoms with Gasteiger partial charge in [0.25, 0.3) is 0 Å². The molecule has 0 saturated heterocycles. The quantitative estimate of drug-likeness (QED) is 0.691. The Hall–Kier alpha value is -1.98. The van der Waals surface area contributed by atoms with Crippen LogP contribution in [0.2, 0.25) is 0 Å². The van der Waals surface area contributed by atoms with Crippen LogP contribution in [0.15, 0.2) is 35.4 Å². The van der Waals surface area contributed by atoms with Gasteiger partial charge in [0.15, 0.2) is 5.43 Å². The van der Waals surface area contributed by atoms with Crippen LogP contribution in [0.1, 0.15) is 19.4 Å². The van der Waals surface area contributed by atoms with E-state index in [9.17, 15) is 4.79 Å². The standard InChI is InChI=1S/C19H23N3OS/c1-4-22(5-2)11-10-21-15-7-6-13(3)19-17(15)18(23)14-12-20-9-8-16(14)24-19/h6-9,12,21H,4-5,10-11H2,1-3H3. The van der Waals surface area contributed by atoms with E-state index in [4.69, 9.17) is 0 Å². The second-order valence-corrected chi connectivity index (χ2v) is 6.94. The number of nitrogens with one attached hydrogen (secondary N) is 1. The van der Waals surface area contributed by atoms with Crippen LogP contribution in [0.4, 0.5) is 5.69 Å². The second kappa shape index (κ2) is 7.28. The number of nitrogens with zero attached hydrogens (tertiary/aromatic N) is 2. The maximum Gasteiger partial charge on any atom is 0.199 e. The fourth-order valence-electron chi connectivity index (χ4n) is 2.97. The zero-order valence-corrected chi connectivity index (χ0v) is 15.2. The lowest BCUT2D eigenvalue weighted by molar-refractivity contribution is 0.316. The van der Waals surface area contributed by atoms with Crippen LogP contribution in [0.3, 0.4) is 0 Å². The van der Waals surface area contributed by atoms with Gasteiger partial charge in [-0.1, -0.05) is 19.9 Å². The molecule has 2 aromatic heterocycles. The van der Waals surface area contributed by atoms with Crippen molar-refractivity contribution in [3.8, 4) is 0 Å². The van der Waals surface area contributed by atoms with Gasteiger partial charge in [0, 0.05) is 40.6 Å². The van der Waals surface area contributed by atoms with Crippen molar-refractivity contribution in [1.82, 2.24) is 9.88 Å². The molecule has 0 unspecified atom stereocenters. The number of rotatable bonds is 6. The number of anilines is 1. The van der Waals surface area contributed by atoms with Crippen LogP contribution in [0.25, 0.3) is 20.2 Å². The van der Waals surface area contributed by atoms with Gasteiger partial charge in [0.1, 0.15) is 0 Å². The molecule has 1 N–H and O–H groups in total. The third-order valence-corrected chi connectivity index (χ3v) is 5.76. The molecule has 0 aliphatic heterocycles. The number of aromatic nitrogens is 1. The molecule has 0 fully saturated rings. The Labute approximate surface area is 146 Å². The maximum absolute atomic E-state index is 13.0. The summed E-state index contributed by atoms with van der Waals surface area (Å²) in [6.45, 7) is 10.3. The zero-order chi connectivity index (χ0) is 17.1. The molecule has 0 amide bonds. The van der Waals surface area contributed by atoms with Crippen LogP contribution in [-0.4, -0.2) is 36.1 Å². The first-order chi connectivity index (χ1) is 11.7. The lowest BCUT2D eigenvalue weighted by Gasteiger charge is -2.19. The summed E-state index contributed by atoms with van der Waals surface area (Å²) < 4.78 is 2.05. The van der Waals surface area contributed by atoms with Gasteiger partial charge in [0.05, 0.1) is 10.8 Å². The summed E-state index contributed by atoms with van der Waals surface area (Å²) in [7, 11) is 0. The highest BCUT2D eigenvalue weighted by atomic mass is 32.1. The van der Waals surface area contributed by atoms with Crippen molar-refractivity contribution in [1.29, 1.82) is 0 Å². The third kappa shape index (κ3) is 3.14. The Morgan fingerprint density at radius 1 is 1.21 bits per heavy atom. The predicted octanol–water partition coefficient (Wildman–Crippen LogP) is 3.87. The van der Waals surface area contributed by atoms with E-state index in [1.54, 1.807) is 23.7 Å². The van der Waals surface area contributed by atoms with Gasteiger partial charge in [-0.15, -0.1) is 11.3 Å². The van der Waals surface area contributed by atoms with E-state index < -0.39 is 0 Å². The van der Waals surface area contributed by atoms with Crippen LogP contribution in [0.5, 0.6) is 0 Å². The van der Waals surface area contributed by atoms with Gasteiger partial charge in [0.2, 0.25) is 0 Å². The first-order valence-electron chi connectivity index (χ1n) is 8.42. The van der Waals surface area contributed by atoms with E-state index in [1.807, 2.05) is 12.1 Å². The SMILES string of the molecule is CCN(CC)CCNc1ccc(C)c2sc3ccncc3c(=O)c12. The first kappa shape index (κ1) is 16.9. The van der Waals surface area contributed by atoms with Crippen LogP contribution >= 0.6 is 11.3 Å². The molecule has 5 heteroatoms. The van der Waals surface area contributed by atoms with Gasteiger partial charge in [-0.25, -0.2) is 0 Å². The second-order valence-electron chi connectivity index (χ2n) is 5.89. The van der Waals surface area contributed by atoms with Crippen molar-refractivity contribution < 1.29 is 0 Å². The molecular weight excluding hydrogens is 318 g/mol. The molecule has 0 aliphatic rings. The molecule has 0 radical (unpaired) electrons. The molecule has 0 spiro atoms. The van der Waals surface area contributed by atoms with Crippen molar-refractivity contribution >= 4 is 37.2 Å². The highest BCUT2D eigenvalue weighted by molar-refractivity contribution is 7.24. The van der Waals surface area contributed by atoms with E-state index in [0.29, 0.717) is 5.39 Å². The monoisotopic (exact) mass is 341 g/mol. The Morgan fingerprint density at radius 2 is 2.00 bits per heavy atom. The summed E-state index contributed by atoms with van der Waals surface area (Å²) >= 11 is 1.66. The highest BCUT2D eigenvalue weighted by Crippen LogP contribution is 2.31.